The monoisotopic (exact) mass is 355 g/mol. The van der Waals surface area contributed by atoms with Crippen LogP contribution in [0.25, 0.3) is 0 Å². The number of benzene rings is 2. The zero-order chi connectivity index (χ0) is 18.0. The van der Waals surface area contributed by atoms with Crippen LogP contribution in [0.1, 0.15) is 23.7 Å². The van der Waals surface area contributed by atoms with Gasteiger partial charge in [-0.05, 0) is 12.1 Å². The Kier molecular flexibility index (Phi) is 4.96. The predicted molar refractivity (Wildman–Crippen MR) is 98.9 cm³/mol. The van der Waals surface area contributed by atoms with Gasteiger partial charge in [0.25, 0.3) is 0 Å². The molecule has 138 valence electrons. The molecule has 2 saturated heterocycles. The Labute approximate surface area is 154 Å². The van der Waals surface area contributed by atoms with Gasteiger partial charge in [-0.15, -0.1) is 0 Å². The molecule has 5 heteroatoms. The lowest BCUT2D eigenvalue weighted by atomic mass is 9.90. The molecule has 5 nitrogen and oxygen atoms in total. The molecular formula is C21H25NO4. The summed E-state index contributed by atoms with van der Waals surface area (Å²) in [7, 11) is 4.05. The molecule has 0 unspecified atom stereocenters. The van der Waals surface area contributed by atoms with Crippen molar-refractivity contribution in [2.24, 2.45) is 5.41 Å². The average Bonchev–Trinajstić information content (AvgIpc) is 2.70. The molecule has 1 spiro atoms. The Morgan fingerprint density at radius 1 is 0.692 bits per heavy atom. The van der Waals surface area contributed by atoms with Crippen molar-refractivity contribution in [1.29, 1.82) is 0 Å². The fourth-order valence-electron chi connectivity index (χ4n) is 3.28. The van der Waals surface area contributed by atoms with Gasteiger partial charge in [0.2, 0.25) is 0 Å². The Balaban J connectivity index is 1.34. The molecule has 0 radical (unpaired) electrons. The Bertz CT molecular complexity index is 699. The Hall–Kier alpha value is -1.92. The van der Waals surface area contributed by atoms with Crippen LogP contribution in [0.5, 0.6) is 0 Å². The number of hydrogen-bond acceptors (Lipinski definition) is 5. The van der Waals surface area contributed by atoms with E-state index in [1.807, 2.05) is 44.4 Å². The highest BCUT2D eigenvalue weighted by atomic mass is 16.7. The van der Waals surface area contributed by atoms with E-state index in [2.05, 4.69) is 29.2 Å². The molecule has 2 aromatic carbocycles. The summed E-state index contributed by atoms with van der Waals surface area (Å²) in [4.78, 5) is 2.07. The smallest absolute Gasteiger partial charge is 0.183 e. The summed E-state index contributed by atoms with van der Waals surface area (Å²) in [5, 5.41) is 0. The van der Waals surface area contributed by atoms with Crippen molar-refractivity contribution in [2.45, 2.75) is 12.6 Å². The van der Waals surface area contributed by atoms with Crippen LogP contribution >= 0.6 is 0 Å². The van der Waals surface area contributed by atoms with E-state index in [9.17, 15) is 0 Å². The minimum absolute atomic E-state index is 0.231. The molecule has 2 heterocycles. The SMILES string of the molecule is CN(C)c1ccc(C2OCC3(COC(c4ccccc4)OC3)CO2)cc1. The molecule has 2 fully saturated rings. The summed E-state index contributed by atoms with van der Waals surface area (Å²) in [5.74, 6) is 0. The van der Waals surface area contributed by atoms with E-state index in [0.717, 1.165) is 16.8 Å². The summed E-state index contributed by atoms with van der Waals surface area (Å²) in [6, 6.07) is 18.3. The normalized spacial score (nSPS) is 28.8. The zero-order valence-electron chi connectivity index (χ0n) is 15.3. The first-order valence-electron chi connectivity index (χ1n) is 8.94. The van der Waals surface area contributed by atoms with Crippen LogP contribution < -0.4 is 4.90 Å². The summed E-state index contributed by atoms with van der Waals surface area (Å²) >= 11 is 0. The van der Waals surface area contributed by atoms with Crippen molar-refractivity contribution in [3.8, 4) is 0 Å². The zero-order valence-corrected chi connectivity index (χ0v) is 15.3. The number of hydrogen-bond donors (Lipinski definition) is 0. The molecule has 0 aromatic heterocycles. The largest absolute Gasteiger partial charge is 0.378 e. The maximum Gasteiger partial charge on any atom is 0.183 e. The summed E-state index contributed by atoms with van der Waals surface area (Å²) in [6.07, 6.45) is -0.637. The molecule has 0 saturated carbocycles. The van der Waals surface area contributed by atoms with Crippen LogP contribution in [0.4, 0.5) is 5.69 Å². The third-order valence-electron chi connectivity index (χ3n) is 4.92. The number of nitrogens with zero attached hydrogens (tertiary/aromatic N) is 1. The fraction of sp³-hybridized carbons (Fsp3) is 0.429. The van der Waals surface area contributed by atoms with Gasteiger partial charge in [-0.3, -0.25) is 0 Å². The number of anilines is 1. The number of rotatable bonds is 3. The first-order valence-corrected chi connectivity index (χ1v) is 8.94. The molecule has 26 heavy (non-hydrogen) atoms. The van der Waals surface area contributed by atoms with Crippen molar-refractivity contribution in [2.75, 3.05) is 45.4 Å². The number of ether oxygens (including phenoxy) is 4. The van der Waals surface area contributed by atoms with E-state index in [0.29, 0.717) is 26.4 Å². The average molecular weight is 355 g/mol. The van der Waals surface area contributed by atoms with Crippen LogP contribution in [-0.4, -0.2) is 40.5 Å². The van der Waals surface area contributed by atoms with Gasteiger partial charge in [-0.25, -0.2) is 0 Å². The lowest BCUT2D eigenvalue weighted by molar-refractivity contribution is -0.307. The van der Waals surface area contributed by atoms with Gasteiger partial charge >= 0.3 is 0 Å². The first kappa shape index (κ1) is 17.5. The van der Waals surface area contributed by atoms with E-state index < -0.39 is 0 Å². The third kappa shape index (κ3) is 3.62. The maximum absolute atomic E-state index is 6.00. The quantitative estimate of drug-likeness (QED) is 0.842. The highest BCUT2D eigenvalue weighted by Crippen LogP contribution is 2.38. The van der Waals surface area contributed by atoms with Crippen LogP contribution in [0.3, 0.4) is 0 Å². The van der Waals surface area contributed by atoms with Crippen molar-refractivity contribution in [3.63, 3.8) is 0 Å². The molecule has 2 aliphatic heterocycles. The van der Waals surface area contributed by atoms with E-state index in [-0.39, 0.29) is 18.0 Å². The molecule has 2 aromatic rings. The summed E-state index contributed by atoms with van der Waals surface area (Å²) in [6.45, 7) is 2.26. The van der Waals surface area contributed by atoms with Crippen LogP contribution in [0, 0.1) is 5.41 Å². The van der Waals surface area contributed by atoms with Gasteiger partial charge in [0.05, 0.1) is 31.8 Å². The van der Waals surface area contributed by atoms with Crippen molar-refractivity contribution >= 4 is 5.69 Å². The van der Waals surface area contributed by atoms with Gasteiger partial charge in [0, 0.05) is 30.9 Å². The van der Waals surface area contributed by atoms with Crippen molar-refractivity contribution in [1.82, 2.24) is 0 Å². The van der Waals surface area contributed by atoms with Gasteiger partial charge in [-0.2, -0.15) is 0 Å². The molecule has 4 rings (SSSR count). The minimum atomic E-state index is -0.330. The fourth-order valence-corrected chi connectivity index (χ4v) is 3.28. The highest BCUT2D eigenvalue weighted by molar-refractivity contribution is 5.46. The Morgan fingerprint density at radius 3 is 1.62 bits per heavy atom. The predicted octanol–water partition coefficient (Wildman–Crippen LogP) is 3.53. The van der Waals surface area contributed by atoms with Gasteiger partial charge in [0.15, 0.2) is 12.6 Å². The van der Waals surface area contributed by atoms with Gasteiger partial charge < -0.3 is 23.8 Å². The first-order chi connectivity index (χ1) is 12.7. The Morgan fingerprint density at radius 2 is 1.15 bits per heavy atom. The summed E-state index contributed by atoms with van der Waals surface area (Å²) < 4.78 is 23.9. The topological polar surface area (TPSA) is 40.2 Å². The lowest BCUT2D eigenvalue weighted by Gasteiger charge is -2.43. The van der Waals surface area contributed by atoms with E-state index >= 15 is 0 Å². The molecule has 0 bridgehead atoms. The standard InChI is InChI=1S/C21H25NO4/c1-22(2)18-10-8-17(9-11-18)20-25-14-21(15-26-20)12-23-19(24-13-21)16-6-4-3-5-7-16/h3-11,19-20H,12-15H2,1-2H3. The molecular weight excluding hydrogens is 330 g/mol. The van der Waals surface area contributed by atoms with Gasteiger partial charge in [-0.1, -0.05) is 42.5 Å². The highest BCUT2D eigenvalue weighted by Gasteiger charge is 2.42. The second-order valence-corrected chi connectivity index (χ2v) is 7.30. The molecule has 0 aliphatic carbocycles. The molecule has 0 amide bonds. The van der Waals surface area contributed by atoms with Crippen LogP contribution in [0.2, 0.25) is 0 Å². The van der Waals surface area contributed by atoms with Crippen LogP contribution in [0.15, 0.2) is 54.6 Å². The van der Waals surface area contributed by atoms with Crippen LogP contribution in [-0.2, 0) is 18.9 Å². The molecule has 2 aliphatic rings. The molecule has 0 N–H and O–H groups in total. The third-order valence-corrected chi connectivity index (χ3v) is 4.92. The van der Waals surface area contributed by atoms with Crippen molar-refractivity contribution in [3.05, 3.63) is 65.7 Å². The maximum atomic E-state index is 6.00. The van der Waals surface area contributed by atoms with Crippen molar-refractivity contribution < 1.29 is 18.9 Å². The van der Waals surface area contributed by atoms with E-state index in [1.54, 1.807) is 0 Å². The minimum Gasteiger partial charge on any atom is -0.378 e. The second kappa shape index (κ2) is 7.37. The lowest BCUT2D eigenvalue weighted by Crippen LogP contribution is -2.49. The molecule has 0 atom stereocenters. The second-order valence-electron chi connectivity index (χ2n) is 7.30. The van der Waals surface area contributed by atoms with E-state index in [4.69, 9.17) is 18.9 Å². The van der Waals surface area contributed by atoms with E-state index in [1.165, 1.54) is 0 Å². The summed E-state index contributed by atoms with van der Waals surface area (Å²) in [5.41, 5.74) is 3.00. The van der Waals surface area contributed by atoms with Gasteiger partial charge in [0.1, 0.15) is 0 Å².